The molecule has 0 spiro atoms. The maximum Gasteiger partial charge on any atom is 0.415 e. The van der Waals surface area contributed by atoms with E-state index < -0.39 is 56.5 Å². The van der Waals surface area contributed by atoms with Crippen LogP contribution in [0.1, 0.15) is 59.9 Å². The average Bonchev–Trinajstić information content (AvgIpc) is 2.93. The van der Waals surface area contributed by atoms with Crippen molar-refractivity contribution in [1.29, 1.82) is 0 Å². The van der Waals surface area contributed by atoms with Crippen LogP contribution in [0.25, 0.3) is 21.9 Å². The molecule has 1 fully saturated rings. The number of anilines is 3. The Bertz CT molecular complexity index is 1930. The van der Waals surface area contributed by atoms with Crippen molar-refractivity contribution in [3.63, 3.8) is 0 Å². The van der Waals surface area contributed by atoms with Gasteiger partial charge >= 0.3 is 18.3 Å². The Labute approximate surface area is 283 Å². The highest BCUT2D eigenvalue weighted by Crippen LogP contribution is 2.42. The average molecular weight is 702 g/mol. The van der Waals surface area contributed by atoms with Crippen molar-refractivity contribution in [2.24, 2.45) is 0 Å². The van der Waals surface area contributed by atoms with Gasteiger partial charge in [-0.05, 0) is 71.5 Å². The van der Waals surface area contributed by atoms with Crippen LogP contribution in [0.2, 0.25) is 0 Å². The molecule has 264 valence electrons. The zero-order chi connectivity index (χ0) is 36.1. The van der Waals surface area contributed by atoms with Gasteiger partial charge in [-0.1, -0.05) is 0 Å². The van der Waals surface area contributed by atoms with E-state index in [2.05, 4.69) is 20.6 Å². The Kier molecular flexibility index (Phi) is 9.40. The molecule has 14 nitrogen and oxygen atoms in total. The number of nitrogens with one attached hydrogen (secondary N) is 2. The van der Waals surface area contributed by atoms with Gasteiger partial charge in [0.25, 0.3) is 0 Å². The number of sulfone groups is 1. The van der Waals surface area contributed by atoms with Gasteiger partial charge in [-0.3, -0.25) is 15.5 Å². The number of aromatic nitrogens is 2. The van der Waals surface area contributed by atoms with Gasteiger partial charge in [0.1, 0.15) is 35.4 Å². The number of rotatable bonds is 5. The van der Waals surface area contributed by atoms with Gasteiger partial charge in [0.05, 0.1) is 17.5 Å². The second-order valence-corrected chi connectivity index (χ2v) is 16.4. The molecule has 0 unspecified atom stereocenters. The number of amides is 3. The fourth-order valence-electron chi connectivity index (χ4n) is 5.42. The van der Waals surface area contributed by atoms with Crippen LogP contribution in [-0.4, -0.2) is 78.6 Å². The van der Waals surface area contributed by atoms with E-state index in [0.29, 0.717) is 22.2 Å². The van der Waals surface area contributed by atoms with Crippen molar-refractivity contribution in [2.75, 3.05) is 34.9 Å². The van der Waals surface area contributed by atoms with Gasteiger partial charge in [0.2, 0.25) is 5.88 Å². The molecule has 1 aliphatic carbocycles. The number of carbonyl (C=O) groups is 3. The summed E-state index contributed by atoms with van der Waals surface area (Å²) in [5.41, 5.74) is -0.807. The summed E-state index contributed by atoms with van der Waals surface area (Å²) in [7, 11) is -3.23. The molecule has 5 rings (SSSR count). The van der Waals surface area contributed by atoms with Crippen LogP contribution < -0.4 is 20.3 Å². The third-order valence-electron chi connectivity index (χ3n) is 7.75. The standard InChI is InChI=1S/C33H40FN5O9S/c1-17-22(15-36-28-27(17)39(9-10-45-28)31(42)48-33(5,6)7)21-11-18-12-24(37-29(40)46-19-13-20(14-19)49(8,43)44)35-16-23(18)26(25(21)34)38-30(41)47-32(2,3)4/h11-12,15-16,19-20H,9-10,13-14H2,1-8H3,(H,38,41)(H,35,37,40). The summed E-state index contributed by atoms with van der Waals surface area (Å²) in [5.74, 6) is -0.590. The molecule has 0 atom stereocenters. The maximum absolute atomic E-state index is 16.6. The molecule has 49 heavy (non-hydrogen) atoms. The summed E-state index contributed by atoms with van der Waals surface area (Å²) >= 11 is 0. The molecule has 2 aromatic heterocycles. The van der Waals surface area contributed by atoms with Crippen LogP contribution in [-0.2, 0) is 24.0 Å². The Morgan fingerprint density at radius 3 is 2.27 bits per heavy atom. The van der Waals surface area contributed by atoms with Crippen LogP contribution >= 0.6 is 0 Å². The summed E-state index contributed by atoms with van der Waals surface area (Å²) in [6.45, 7) is 12.3. The number of carbonyl (C=O) groups excluding carboxylic acids is 3. The van der Waals surface area contributed by atoms with Crippen molar-refractivity contribution in [1.82, 2.24) is 9.97 Å². The Balaban J connectivity index is 1.54. The monoisotopic (exact) mass is 701 g/mol. The molecule has 3 heterocycles. The fraction of sp³-hybridized carbons (Fsp3) is 0.485. The number of halogens is 1. The van der Waals surface area contributed by atoms with E-state index in [4.69, 9.17) is 18.9 Å². The summed E-state index contributed by atoms with van der Waals surface area (Å²) in [6.07, 6.45) is 1.31. The van der Waals surface area contributed by atoms with E-state index in [9.17, 15) is 22.8 Å². The van der Waals surface area contributed by atoms with Gasteiger partial charge in [-0.15, -0.1) is 0 Å². The van der Waals surface area contributed by atoms with Gasteiger partial charge < -0.3 is 18.9 Å². The quantitative estimate of drug-likeness (QED) is 0.284. The molecule has 2 aliphatic rings. The summed E-state index contributed by atoms with van der Waals surface area (Å²) in [5, 5.41) is 5.04. The number of hydrogen-bond acceptors (Lipinski definition) is 11. The van der Waals surface area contributed by atoms with E-state index in [1.165, 1.54) is 29.4 Å². The van der Waals surface area contributed by atoms with Gasteiger partial charge in [-0.25, -0.2) is 37.2 Å². The fourth-order valence-corrected chi connectivity index (χ4v) is 6.55. The minimum atomic E-state index is -3.23. The van der Waals surface area contributed by atoms with Gasteiger partial charge in [0, 0.05) is 48.0 Å². The highest BCUT2D eigenvalue weighted by Gasteiger charge is 2.39. The predicted octanol–water partition coefficient (Wildman–Crippen LogP) is 6.35. The summed E-state index contributed by atoms with van der Waals surface area (Å²) < 4.78 is 62.1. The highest BCUT2D eigenvalue weighted by atomic mass is 32.2. The van der Waals surface area contributed by atoms with E-state index >= 15 is 4.39 Å². The summed E-state index contributed by atoms with van der Waals surface area (Å²) in [4.78, 5) is 48.7. The molecule has 1 aliphatic heterocycles. The van der Waals surface area contributed by atoms with E-state index in [-0.39, 0.29) is 54.3 Å². The van der Waals surface area contributed by atoms with Gasteiger partial charge in [0.15, 0.2) is 15.7 Å². The number of fused-ring (bicyclic) bond motifs is 2. The predicted molar refractivity (Wildman–Crippen MR) is 180 cm³/mol. The van der Waals surface area contributed by atoms with E-state index in [1.54, 1.807) is 48.5 Å². The zero-order valence-corrected chi connectivity index (χ0v) is 29.4. The van der Waals surface area contributed by atoms with Crippen LogP contribution in [0.3, 0.4) is 0 Å². The van der Waals surface area contributed by atoms with Crippen molar-refractivity contribution in [2.45, 2.75) is 83.9 Å². The molecule has 1 aromatic carbocycles. The first-order chi connectivity index (χ1) is 22.7. The largest absolute Gasteiger partial charge is 0.474 e. The lowest BCUT2D eigenvalue weighted by atomic mass is 9.95. The van der Waals surface area contributed by atoms with Crippen LogP contribution in [0.15, 0.2) is 24.5 Å². The molecular weight excluding hydrogens is 661 g/mol. The molecule has 0 radical (unpaired) electrons. The SMILES string of the molecule is Cc1c(-c2cc3cc(NC(=O)OC4CC(S(C)(=O)=O)C4)ncc3c(NC(=O)OC(C)(C)C)c2F)cnc2c1N(C(=O)OC(C)(C)C)CCO2. The van der Waals surface area contributed by atoms with Crippen LogP contribution in [0, 0.1) is 12.7 Å². The lowest BCUT2D eigenvalue weighted by Gasteiger charge is -2.33. The number of pyridine rings is 2. The first kappa shape index (κ1) is 35.6. The topological polar surface area (TPSA) is 175 Å². The second kappa shape index (κ2) is 12.9. The maximum atomic E-state index is 16.6. The lowest BCUT2D eigenvalue weighted by Crippen LogP contribution is -2.42. The van der Waals surface area contributed by atoms with E-state index in [1.807, 2.05) is 0 Å². The minimum absolute atomic E-state index is 0.0158. The molecule has 3 aromatic rings. The van der Waals surface area contributed by atoms with Crippen LogP contribution in [0.4, 0.5) is 36.0 Å². The first-order valence-corrected chi connectivity index (χ1v) is 17.6. The summed E-state index contributed by atoms with van der Waals surface area (Å²) in [6, 6.07) is 2.97. The zero-order valence-electron chi connectivity index (χ0n) is 28.6. The van der Waals surface area contributed by atoms with Crippen LogP contribution in [0.5, 0.6) is 5.88 Å². The smallest absolute Gasteiger partial charge is 0.415 e. The number of hydrogen-bond donors (Lipinski definition) is 2. The lowest BCUT2D eigenvalue weighted by molar-refractivity contribution is 0.0564. The molecule has 1 saturated carbocycles. The van der Waals surface area contributed by atoms with Crippen molar-refractivity contribution in [3.8, 4) is 17.0 Å². The normalized spacial score (nSPS) is 17.7. The first-order valence-electron chi connectivity index (χ1n) is 15.6. The minimum Gasteiger partial charge on any atom is -0.474 e. The van der Waals surface area contributed by atoms with Crippen molar-refractivity contribution >= 4 is 56.1 Å². The second-order valence-electron chi connectivity index (χ2n) is 14.0. The number of nitrogens with zero attached hydrogens (tertiary/aromatic N) is 3. The third-order valence-corrected chi connectivity index (χ3v) is 9.34. The molecule has 0 saturated heterocycles. The molecule has 16 heteroatoms. The van der Waals surface area contributed by atoms with Crippen molar-refractivity contribution in [3.05, 3.63) is 35.9 Å². The van der Waals surface area contributed by atoms with E-state index in [0.717, 1.165) is 6.26 Å². The highest BCUT2D eigenvalue weighted by molar-refractivity contribution is 7.91. The van der Waals surface area contributed by atoms with Gasteiger partial charge in [-0.2, -0.15) is 0 Å². The van der Waals surface area contributed by atoms with Crippen molar-refractivity contribution < 1.29 is 46.1 Å². The Morgan fingerprint density at radius 2 is 1.63 bits per heavy atom. The Hall–Kier alpha value is -4.73. The number of benzene rings is 1. The molecule has 3 amide bonds. The Morgan fingerprint density at radius 1 is 0.959 bits per heavy atom. The molecule has 2 N–H and O–H groups in total. The number of ether oxygens (including phenoxy) is 4. The molecular formula is C33H40FN5O9S. The molecule has 0 bridgehead atoms. The third kappa shape index (κ3) is 8.12.